The molecule has 0 aliphatic rings. The van der Waals surface area contributed by atoms with Gasteiger partial charge >= 0.3 is 0 Å². The molecule has 0 fully saturated rings. The summed E-state index contributed by atoms with van der Waals surface area (Å²) in [6.45, 7) is 0.658. The molecule has 6 heteroatoms. The molecular weight excluding hydrogens is 174 g/mol. The average Bonchev–Trinajstić information content (AvgIpc) is 2.47. The van der Waals surface area contributed by atoms with Gasteiger partial charge in [0.05, 0.1) is 12.5 Å². The summed E-state index contributed by atoms with van der Waals surface area (Å²) in [6, 6.07) is 2.06. The van der Waals surface area contributed by atoms with Crippen LogP contribution < -0.4 is 10.6 Å². The highest BCUT2D eigenvalue weighted by molar-refractivity contribution is 7.18. The van der Waals surface area contributed by atoms with Gasteiger partial charge in [-0.15, -0.1) is 10.2 Å². The van der Waals surface area contributed by atoms with Crippen molar-refractivity contribution in [3.8, 4) is 6.07 Å². The maximum atomic E-state index is 8.33. The lowest BCUT2D eigenvalue weighted by Gasteiger charge is -2.11. The summed E-state index contributed by atoms with van der Waals surface area (Å²) in [5.41, 5.74) is 5.40. The van der Waals surface area contributed by atoms with Crippen molar-refractivity contribution < 1.29 is 0 Å². The third-order valence-corrected chi connectivity index (χ3v) is 2.18. The molecule has 1 rings (SSSR count). The molecule has 64 valence electrons. The van der Waals surface area contributed by atoms with Gasteiger partial charge < -0.3 is 10.6 Å². The molecule has 0 aliphatic heterocycles. The van der Waals surface area contributed by atoms with Gasteiger partial charge in [-0.25, -0.2) is 0 Å². The summed E-state index contributed by atoms with van der Waals surface area (Å²) in [6.07, 6.45) is 0.482. The molecule has 0 saturated heterocycles. The van der Waals surface area contributed by atoms with Crippen LogP contribution in [0.2, 0.25) is 0 Å². The molecule has 0 spiro atoms. The SMILES string of the molecule is CN(CCC#N)c1nnc(N)s1. The second kappa shape index (κ2) is 3.88. The van der Waals surface area contributed by atoms with Gasteiger partial charge in [0.25, 0.3) is 0 Å². The molecule has 5 nitrogen and oxygen atoms in total. The van der Waals surface area contributed by atoms with Crippen LogP contribution in [0.1, 0.15) is 6.42 Å². The zero-order valence-corrected chi connectivity index (χ0v) is 7.51. The Kier molecular flexibility index (Phi) is 2.82. The number of aromatic nitrogens is 2. The maximum absolute atomic E-state index is 8.33. The molecule has 0 bridgehead atoms. The van der Waals surface area contributed by atoms with Gasteiger partial charge in [-0.2, -0.15) is 5.26 Å². The van der Waals surface area contributed by atoms with Crippen LogP contribution in [-0.2, 0) is 0 Å². The topological polar surface area (TPSA) is 78.8 Å². The summed E-state index contributed by atoms with van der Waals surface area (Å²) in [7, 11) is 1.86. The minimum Gasteiger partial charge on any atom is -0.374 e. The number of hydrogen-bond donors (Lipinski definition) is 1. The van der Waals surface area contributed by atoms with E-state index in [4.69, 9.17) is 11.0 Å². The van der Waals surface area contributed by atoms with E-state index >= 15 is 0 Å². The van der Waals surface area contributed by atoms with E-state index in [9.17, 15) is 0 Å². The second-order valence-electron chi connectivity index (χ2n) is 2.25. The number of nitrogens with two attached hydrogens (primary N) is 1. The van der Waals surface area contributed by atoms with Gasteiger partial charge in [0.2, 0.25) is 10.3 Å². The first kappa shape index (κ1) is 8.74. The van der Waals surface area contributed by atoms with Crippen molar-refractivity contribution >= 4 is 21.6 Å². The predicted octanol–water partition coefficient (Wildman–Crippen LogP) is 0.470. The number of hydrogen-bond acceptors (Lipinski definition) is 6. The summed E-state index contributed by atoms with van der Waals surface area (Å²) in [5, 5.41) is 17.0. The zero-order valence-electron chi connectivity index (χ0n) is 6.69. The van der Waals surface area contributed by atoms with Crippen LogP contribution in [0.15, 0.2) is 0 Å². The van der Waals surface area contributed by atoms with E-state index in [0.29, 0.717) is 18.1 Å². The molecular formula is C6H9N5S. The van der Waals surface area contributed by atoms with Crippen molar-refractivity contribution in [2.24, 2.45) is 0 Å². The molecule has 0 unspecified atom stereocenters. The number of rotatable bonds is 3. The van der Waals surface area contributed by atoms with E-state index in [2.05, 4.69) is 16.3 Å². The minimum atomic E-state index is 0.453. The average molecular weight is 183 g/mol. The molecule has 0 atom stereocenters. The molecule has 1 aromatic heterocycles. The Bertz CT molecular complexity index is 288. The van der Waals surface area contributed by atoms with Crippen LogP contribution in [0, 0.1) is 11.3 Å². The fourth-order valence-electron chi connectivity index (χ4n) is 0.694. The van der Waals surface area contributed by atoms with Crippen LogP contribution in [0.3, 0.4) is 0 Å². The first-order chi connectivity index (χ1) is 5.74. The molecule has 0 aliphatic carbocycles. The van der Waals surface area contributed by atoms with Gasteiger partial charge in [-0.05, 0) is 0 Å². The highest BCUT2D eigenvalue weighted by Crippen LogP contribution is 2.19. The van der Waals surface area contributed by atoms with Crippen LogP contribution in [0.5, 0.6) is 0 Å². The number of nitrogen functional groups attached to an aromatic ring is 1. The normalized spacial score (nSPS) is 9.33. The number of nitriles is 1. The van der Waals surface area contributed by atoms with E-state index in [1.807, 2.05) is 11.9 Å². The van der Waals surface area contributed by atoms with E-state index < -0.39 is 0 Å². The van der Waals surface area contributed by atoms with Gasteiger partial charge in [-0.3, -0.25) is 0 Å². The van der Waals surface area contributed by atoms with Gasteiger partial charge in [0.15, 0.2) is 0 Å². The molecule has 12 heavy (non-hydrogen) atoms. The van der Waals surface area contributed by atoms with Gasteiger partial charge in [0.1, 0.15) is 0 Å². The Hall–Kier alpha value is -1.35. The Balaban J connectivity index is 2.54. The van der Waals surface area contributed by atoms with E-state index in [1.54, 1.807) is 0 Å². The number of anilines is 2. The zero-order chi connectivity index (χ0) is 8.97. The smallest absolute Gasteiger partial charge is 0.209 e. The van der Waals surface area contributed by atoms with Gasteiger partial charge in [0, 0.05) is 13.6 Å². The molecule has 0 amide bonds. The Morgan fingerprint density at radius 2 is 2.42 bits per heavy atom. The Morgan fingerprint density at radius 1 is 1.67 bits per heavy atom. The molecule has 0 radical (unpaired) electrons. The molecule has 2 N–H and O–H groups in total. The van der Waals surface area contributed by atoms with E-state index in [-0.39, 0.29) is 0 Å². The summed E-state index contributed by atoms with van der Waals surface area (Å²) in [4.78, 5) is 1.86. The third kappa shape index (κ3) is 2.07. The lowest BCUT2D eigenvalue weighted by molar-refractivity contribution is 0.883. The van der Waals surface area contributed by atoms with E-state index in [1.165, 1.54) is 11.3 Å². The van der Waals surface area contributed by atoms with Gasteiger partial charge in [-0.1, -0.05) is 11.3 Å². The summed E-state index contributed by atoms with van der Waals surface area (Å²) >= 11 is 1.32. The molecule has 0 aromatic carbocycles. The number of nitrogens with zero attached hydrogens (tertiary/aromatic N) is 4. The van der Waals surface area contributed by atoms with Crippen molar-refractivity contribution in [2.75, 3.05) is 24.2 Å². The highest BCUT2D eigenvalue weighted by Gasteiger charge is 2.05. The Labute approximate surface area is 74.4 Å². The fourth-order valence-corrected chi connectivity index (χ4v) is 1.29. The molecule has 1 heterocycles. The standard InChI is InChI=1S/C6H9N5S/c1-11(4-2-3-7)6-10-9-5(8)12-6/h2,4H2,1H3,(H2,8,9). The predicted molar refractivity (Wildman–Crippen MR) is 47.8 cm³/mol. The quantitative estimate of drug-likeness (QED) is 0.736. The molecule has 0 saturated carbocycles. The fraction of sp³-hybridized carbons (Fsp3) is 0.500. The Morgan fingerprint density at radius 3 is 2.92 bits per heavy atom. The first-order valence-electron chi connectivity index (χ1n) is 3.41. The highest BCUT2D eigenvalue weighted by atomic mass is 32.1. The van der Waals surface area contributed by atoms with Crippen molar-refractivity contribution in [1.29, 1.82) is 5.26 Å². The largest absolute Gasteiger partial charge is 0.374 e. The van der Waals surface area contributed by atoms with Crippen molar-refractivity contribution in [2.45, 2.75) is 6.42 Å². The maximum Gasteiger partial charge on any atom is 0.209 e. The van der Waals surface area contributed by atoms with Crippen LogP contribution in [-0.4, -0.2) is 23.8 Å². The van der Waals surface area contributed by atoms with Crippen molar-refractivity contribution in [3.05, 3.63) is 0 Å². The molecule has 1 aromatic rings. The summed E-state index contributed by atoms with van der Waals surface area (Å²) < 4.78 is 0. The summed E-state index contributed by atoms with van der Waals surface area (Å²) in [5.74, 6) is 0. The van der Waals surface area contributed by atoms with Crippen LogP contribution >= 0.6 is 11.3 Å². The first-order valence-corrected chi connectivity index (χ1v) is 4.22. The van der Waals surface area contributed by atoms with Crippen LogP contribution in [0.25, 0.3) is 0 Å². The van der Waals surface area contributed by atoms with Crippen molar-refractivity contribution in [3.63, 3.8) is 0 Å². The van der Waals surface area contributed by atoms with E-state index in [0.717, 1.165) is 5.13 Å². The minimum absolute atomic E-state index is 0.453. The second-order valence-corrected chi connectivity index (χ2v) is 3.24. The van der Waals surface area contributed by atoms with Crippen molar-refractivity contribution in [1.82, 2.24) is 10.2 Å². The lowest BCUT2D eigenvalue weighted by Crippen LogP contribution is -2.17. The monoisotopic (exact) mass is 183 g/mol. The third-order valence-electron chi connectivity index (χ3n) is 1.32. The lowest BCUT2D eigenvalue weighted by atomic mass is 10.4. The van der Waals surface area contributed by atoms with Crippen LogP contribution in [0.4, 0.5) is 10.3 Å².